The van der Waals surface area contributed by atoms with Gasteiger partial charge in [0.2, 0.25) is 0 Å². The predicted octanol–water partition coefficient (Wildman–Crippen LogP) is 10.3. The van der Waals surface area contributed by atoms with Gasteiger partial charge in [0.15, 0.2) is 6.23 Å². The number of hydrogen-bond acceptors (Lipinski definition) is 6. The summed E-state index contributed by atoms with van der Waals surface area (Å²) in [6.45, 7) is 5.15. The van der Waals surface area contributed by atoms with Gasteiger partial charge >= 0.3 is 6.03 Å². The van der Waals surface area contributed by atoms with Crippen molar-refractivity contribution in [1.82, 2.24) is 10.2 Å². The monoisotopic (exact) mass is 726 g/mol. The molecule has 0 aromatic rings. The van der Waals surface area contributed by atoms with Gasteiger partial charge in [-0.15, -0.1) is 0 Å². The van der Waals surface area contributed by atoms with E-state index in [1.54, 1.807) is 4.90 Å². The van der Waals surface area contributed by atoms with Crippen LogP contribution in [0.2, 0.25) is 0 Å². The maximum absolute atomic E-state index is 13.4. The van der Waals surface area contributed by atoms with E-state index in [4.69, 9.17) is 10.5 Å². The molecule has 0 bridgehead atoms. The molecule has 8 heteroatoms. The van der Waals surface area contributed by atoms with Crippen LogP contribution in [0.15, 0.2) is 0 Å². The van der Waals surface area contributed by atoms with Crippen LogP contribution in [-0.2, 0) is 4.74 Å². The fourth-order valence-electron chi connectivity index (χ4n) is 7.54. The van der Waals surface area contributed by atoms with Gasteiger partial charge in [0, 0.05) is 13.1 Å². The van der Waals surface area contributed by atoms with Crippen LogP contribution in [0.1, 0.15) is 219 Å². The smallest absolute Gasteiger partial charge is 0.319 e. The molecule has 1 aliphatic rings. The minimum absolute atomic E-state index is 0.252. The number of urea groups is 1. The van der Waals surface area contributed by atoms with E-state index in [1.165, 1.54) is 173 Å². The molecule has 1 fully saturated rings. The standard InChI is InChI=1S/C43H87N3O5/c1-3-5-7-9-11-13-15-17-19-21-23-25-27-29-31-33-35-45-43(50)46(42-39(44)41(49)40(48)38(37-47)51-42)36-34-32-30-28-26-24-22-20-18-16-14-12-10-8-6-4-2/h38-42,47-49H,3-37,44H2,1-2H3,(H,45,50)/t38-,39-,40-,41-,42-/m1/s1. The zero-order valence-corrected chi connectivity index (χ0v) is 33.8. The highest BCUT2D eigenvalue weighted by molar-refractivity contribution is 5.74. The summed E-state index contributed by atoms with van der Waals surface area (Å²) in [5, 5.41) is 33.7. The molecule has 1 rings (SSSR count). The Bertz CT molecular complexity index is 757. The maximum atomic E-state index is 13.4. The fourth-order valence-corrected chi connectivity index (χ4v) is 7.54. The highest BCUT2D eigenvalue weighted by Gasteiger charge is 2.45. The summed E-state index contributed by atoms with van der Waals surface area (Å²) in [5.74, 6) is 0. The van der Waals surface area contributed by atoms with E-state index >= 15 is 0 Å². The van der Waals surface area contributed by atoms with Crippen LogP contribution in [0.4, 0.5) is 4.79 Å². The van der Waals surface area contributed by atoms with Crippen molar-refractivity contribution in [2.75, 3.05) is 19.7 Å². The van der Waals surface area contributed by atoms with E-state index < -0.39 is 37.2 Å². The molecular weight excluding hydrogens is 638 g/mol. The zero-order valence-electron chi connectivity index (χ0n) is 33.8. The number of nitrogens with one attached hydrogen (secondary N) is 1. The number of carbonyl (C=O) groups excluding carboxylic acids is 1. The summed E-state index contributed by atoms with van der Waals surface area (Å²) < 4.78 is 5.91. The highest BCUT2D eigenvalue weighted by Crippen LogP contribution is 2.24. The summed E-state index contributed by atoms with van der Waals surface area (Å²) in [6, 6.07) is -1.21. The molecule has 0 spiro atoms. The van der Waals surface area contributed by atoms with Gasteiger partial charge in [-0.3, -0.25) is 4.90 Å². The number of amides is 2. The second-order valence-corrected chi connectivity index (χ2v) is 15.8. The van der Waals surface area contributed by atoms with E-state index in [1.807, 2.05) is 0 Å². The van der Waals surface area contributed by atoms with Crippen LogP contribution in [0.5, 0.6) is 0 Å². The normalized spacial score (nSPS) is 20.5. The van der Waals surface area contributed by atoms with Crippen LogP contribution in [0, 0.1) is 0 Å². The van der Waals surface area contributed by atoms with E-state index in [9.17, 15) is 20.1 Å². The van der Waals surface area contributed by atoms with Crippen molar-refractivity contribution in [2.45, 2.75) is 250 Å². The molecule has 0 radical (unpaired) electrons. The number of nitrogens with two attached hydrogens (primary N) is 1. The third-order valence-electron chi connectivity index (χ3n) is 11.1. The number of ether oxygens (including phenoxy) is 1. The predicted molar refractivity (Wildman–Crippen MR) is 215 cm³/mol. The lowest BCUT2D eigenvalue weighted by Crippen LogP contribution is -2.67. The van der Waals surface area contributed by atoms with Crippen molar-refractivity contribution in [2.24, 2.45) is 5.73 Å². The molecule has 0 aromatic heterocycles. The van der Waals surface area contributed by atoms with Gasteiger partial charge in [-0.25, -0.2) is 4.79 Å². The Morgan fingerprint density at radius 2 is 0.882 bits per heavy atom. The van der Waals surface area contributed by atoms with Crippen molar-refractivity contribution in [3.05, 3.63) is 0 Å². The SMILES string of the molecule is CCCCCCCCCCCCCCCCCCNC(=O)N(CCCCCCCCCCCCCCCCCC)[C@@H]1O[C@H](CO)[C@@H](O)[C@H](O)[C@H]1N. The maximum Gasteiger partial charge on any atom is 0.319 e. The number of aliphatic hydroxyl groups is 3. The fraction of sp³-hybridized carbons (Fsp3) is 0.977. The third kappa shape index (κ3) is 24.9. The first-order valence-electron chi connectivity index (χ1n) is 22.4. The number of unbranched alkanes of at least 4 members (excludes halogenated alkanes) is 30. The van der Waals surface area contributed by atoms with Crippen molar-refractivity contribution in [1.29, 1.82) is 0 Å². The van der Waals surface area contributed by atoms with Gasteiger partial charge in [0.05, 0.1) is 12.6 Å². The van der Waals surface area contributed by atoms with Crippen molar-refractivity contribution in [3.63, 3.8) is 0 Å². The summed E-state index contributed by atoms with van der Waals surface area (Å²) in [6.07, 6.45) is 37.0. The molecule has 8 nitrogen and oxygen atoms in total. The summed E-state index contributed by atoms with van der Waals surface area (Å²) >= 11 is 0. The van der Waals surface area contributed by atoms with Gasteiger partial charge in [0.1, 0.15) is 18.3 Å². The Hall–Kier alpha value is -0.930. The second kappa shape index (κ2) is 34.8. The lowest BCUT2D eigenvalue weighted by atomic mass is 9.96. The molecule has 1 saturated heterocycles. The summed E-state index contributed by atoms with van der Waals surface area (Å²) in [5.41, 5.74) is 6.29. The van der Waals surface area contributed by atoms with Crippen LogP contribution in [0.3, 0.4) is 0 Å². The molecule has 0 unspecified atom stereocenters. The number of hydrogen-bond donors (Lipinski definition) is 5. The van der Waals surface area contributed by atoms with Gasteiger partial charge in [-0.2, -0.15) is 0 Å². The molecule has 1 heterocycles. The molecule has 6 N–H and O–H groups in total. The number of aliphatic hydroxyl groups excluding tert-OH is 3. The molecule has 5 atom stereocenters. The largest absolute Gasteiger partial charge is 0.394 e. The molecule has 2 amide bonds. The second-order valence-electron chi connectivity index (χ2n) is 15.8. The van der Waals surface area contributed by atoms with Gasteiger partial charge < -0.3 is 31.1 Å². The van der Waals surface area contributed by atoms with Gasteiger partial charge in [-0.1, -0.05) is 206 Å². The summed E-state index contributed by atoms with van der Waals surface area (Å²) in [7, 11) is 0. The minimum atomic E-state index is -1.29. The lowest BCUT2D eigenvalue weighted by Gasteiger charge is -2.45. The van der Waals surface area contributed by atoms with E-state index in [-0.39, 0.29) is 6.03 Å². The molecule has 0 aliphatic carbocycles. The quantitative estimate of drug-likeness (QED) is 0.0409. The molecule has 304 valence electrons. The lowest BCUT2D eigenvalue weighted by molar-refractivity contribution is -0.218. The Morgan fingerprint density at radius 3 is 1.24 bits per heavy atom. The van der Waals surface area contributed by atoms with E-state index in [0.717, 1.165) is 32.1 Å². The Balaban J connectivity index is 2.24. The first kappa shape index (κ1) is 48.1. The first-order chi connectivity index (χ1) is 25.0. The van der Waals surface area contributed by atoms with Gasteiger partial charge in [0.25, 0.3) is 0 Å². The zero-order chi connectivity index (χ0) is 37.2. The molecular formula is C43H87N3O5. The topological polar surface area (TPSA) is 128 Å². The van der Waals surface area contributed by atoms with E-state index in [2.05, 4.69) is 19.2 Å². The molecule has 0 saturated carbocycles. The highest BCUT2D eigenvalue weighted by atomic mass is 16.5. The summed E-state index contributed by atoms with van der Waals surface area (Å²) in [4.78, 5) is 15.0. The average molecular weight is 726 g/mol. The molecule has 1 aliphatic heterocycles. The number of nitrogens with zero attached hydrogens (tertiary/aromatic N) is 1. The van der Waals surface area contributed by atoms with E-state index in [0.29, 0.717) is 13.1 Å². The third-order valence-corrected chi connectivity index (χ3v) is 11.1. The Labute approximate surface area is 315 Å². The van der Waals surface area contributed by atoms with Crippen LogP contribution >= 0.6 is 0 Å². The van der Waals surface area contributed by atoms with Crippen molar-refractivity contribution >= 4 is 6.03 Å². The average Bonchev–Trinajstić information content (AvgIpc) is 3.13. The van der Waals surface area contributed by atoms with Crippen LogP contribution < -0.4 is 11.1 Å². The van der Waals surface area contributed by atoms with Crippen LogP contribution in [0.25, 0.3) is 0 Å². The first-order valence-corrected chi connectivity index (χ1v) is 22.4. The van der Waals surface area contributed by atoms with Crippen LogP contribution in [-0.4, -0.2) is 76.5 Å². The Morgan fingerprint density at radius 1 is 0.549 bits per heavy atom. The molecule has 51 heavy (non-hydrogen) atoms. The van der Waals surface area contributed by atoms with Gasteiger partial charge in [-0.05, 0) is 12.8 Å². The minimum Gasteiger partial charge on any atom is -0.394 e. The number of rotatable bonds is 36. The molecule has 0 aromatic carbocycles. The number of carbonyl (C=O) groups is 1. The van der Waals surface area contributed by atoms with Crippen molar-refractivity contribution in [3.8, 4) is 0 Å². The van der Waals surface area contributed by atoms with Crippen molar-refractivity contribution < 1.29 is 24.9 Å². The Kier molecular flexibility index (Phi) is 32.8.